The number of rotatable bonds is 5. The molecule has 0 bridgehead atoms. The maximum absolute atomic E-state index is 12.7. The van der Waals surface area contributed by atoms with Crippen molar-refractivity contribution in [1.29, 1.82) is 0 Å². The minimum absolute atomic E-state index is 0.0698. The zero-order valence-corrected chi connectivity index (χ0v) is 16.8. The summed E-state index contributed by atoms with van der Waals surface area (Å²) in [5, 5.41) is 9.68. The number of piperidine rings is 2. The lowest BCUT2D eigenvalue weighted by Gasteiger charge is -2.44. The van der Waals surface area contributed by atoms with Crippen LogP contribution in [0.2, 0.25) is 0 Å². The predicted molar refractivity (Wildman–Crippen MR) is 113 cm³/mol. The fourth-order valence-electron chi connectivity index (χ4n) is 4.48. The van der Waals surface area contributed by atoms with Crippen molar-refractivity contribution in [1.82, 2.24) is 10.2 Å². The highest BCUT2D eigenvalue weighted by Crippen LogP contribution is 2.30. The Hall–Kier alpha value is -2.18. The molecule has 0 saturated carbocycles. The third-order valence-corrected chi connectivity index (χ3v) is 6.60. The van der Waals surface area contributed by atoms with Gasteiger partial charge in [0.2, 0.25) is 0 Å². The number of nitrogens with zero attached hydrogens (tertiary/aromatic N) is 1. The van der Waals surface area contributed by atoms with Crippen LogP contribution >= 0.6 is 11.3 Å². The van der Waals surface area contributed by atoms with Crippen molar-refractivity contribution in [3.8, 4) is 0 Å². The molecule has 2 fully saturated rings. The molecule has 2 saturated heterocycles. The number of hydrogen-bond acceptors (Lipinski definition) is 4. The van der Waals surface area contributed by atoms with Crippen LogP contribution in [0.15, 0.2) is 41.1 Å². The predicted octanol–water partition coefficient (Wildman–Crippen LogP) is 3.99. The molecule has 148 valence electrons. The summed E-state index contributed by atoms with van der Waals surface area (Å²) in [5.41, 5.74) is 1.86. The van der Waals surface area contributed by atoms with Crippen LogP contribution in [-0.4, -0.2) is 42.4 Å². The van der Waals surface area contributed by atoms with E-state index in [9.17, 15) is 9.59 Å². The van der Waals surface area contributed by atoms with Gasteiger partial charge in [0.25, 0.3) is 11.8 Å². The highest BCUT2D eigenvalue weighted by atomic mass is 32.1. The Morgan fingerprint density at radius 1 is 1.04 bits per heavy atom. The number of thiophene rings is 1. The van der Waals surface area contributed by atoms with E-state index < -0.39 is 0 Å². The summed E-state index contributed by atoms with van der Waals surface area (Å²) in [5.74, 6) is 0.317. The topological polar surface area (TPSA) is 61.4 Å². The van der Waals surface area contributed by atoms with E-state index in [-0.39, 0.29) is 11.8 Å². The van der Waals surface area contributed by atoms with Crippen molar-refractivity contribution in [2.75, 3.05) is 25.0 Å². The van der Waals surface area contributed by atoms with Crippen molar-refractivity contribution in [3.63, 3.8) is 0 Å². The van der Waals surface area contributed by atoms with E-state index >= 15 is 0 Å². The van der Waals surface area contributed by atoms with Crippen LogP contribution in [-0.2, 0) is 0 Å². The second-order valence-corrected chi connectivity index (χ2v) is 8.54. The summed E-state index contributed by atoms with van der Waals surface area (Å²) in [6, 6.07) is 9.56. The molecular formula is C22H27N3O2S. The fourth-order valence-corrected chi connectivity index (χ4v) is 5.11. The van der Waals surface area contributed by atoms with Gasteiger partial charge in [0.05, 0.1) is 5.56 Å². The van der Waals surface area contributed by atoms with Crippen molar-refractivity contribution >= 4 is 28.8 Å². The van der Waals surface area contributed by atoms with Gasteiger partial charge in [0.1, 0.15) is 0 Å². The van der Waals surface area contributed by atoms with Crippen LogP contribution in [0.5, 0.6) is 0 Å². The van der Waals surface area contributed by atoms with Crippen LogP contribution in [0.4, 0.5) is 5.69 Å². The first-order valence-corrected chi connectivity index (χ1v) is 11.1. The Morgan fingerprint density at radius 3 is 2.79 bits per heavy atom. The van der Waals surface area contributed by atoms with Gasteiger partial charge in [0.15, 0.2) is 0 Å². The summed E-state index contributed by atoms with van der Waals surface area (Å²) in [6.07, 6.45) is 6.28. The minimum Gasteiger partial charge on any atom is -0.352 e. The van der Waals surface area contributed by atoms with Gasteiger partial charge in [-0.05, 0) is 74.3 Å². The maximum atomic E-state index is 12.7. The average Bonchev–Trinajstić information content (AvgIpc) is 3.27. The zero-order valence-electron chi connectivity index (χ0n) is 16.0. The van der Waals surface area contributed by atoms with Crippen LogP contribution in [0.3, 0.4) is 0 Å². The lowest BCUT2D eigenvalue weighted by atomic mass is 9.83. The third-order valence-electron chi connectivity index (χ3n) is 5.92. The van der Waals surface area contributed by atoms with Gasteiger partial charge in [-0.3, -0.25) is 9.59 Å². The molecule has 5 nitrogen and oxygen atoms in total. The summed E-state index contributed by atoms with van der Waals surface area (Å²) < 4.78 is 0. The largest absolute Gasteiger partial charge is 0.352 e. The molecule has 2 atom stereocenters. The van der Waals surface area contributed by atoms with Gasteiger partial charge in [-0.2, -0.15) is 11.3 Å². The molecule has 1 aromatic carbocycles. The second-order valence-electron chi connectivity index (χ2n) is 7.76. The fraction of sp³-hybridized carbons (Fsp3) is 0.455. The summed E-state index contributed by atoms with van der Waals surface area (Å²) in [7, 11) is 0. The SMILES string of the molecule is O=C(NCC1CCCN2CCCCC12)c1cccc(NC(=O)c2ccsc2)c1. The highest BCUT2D eigenvalue weighted by Gasteiger charge is 2.32. The van der Waals surface area contributed by atoms with E-state index in [4.69, 9.17) is 0 Å². The standard InChI is InChI=1S/C22H27N3O2S/c26-21(23-14-17-6-4-11-25-10-2-1-8-20(17)25)16-5-3-7-19(13-16)24-22(27)18-9-12-28-15-18/h3,5,7,9,12-13,15,17,20H,1-2,4,6,8,10-11,14H2,(H,23,26)(H,24,27). The number of anilines is 1. The van der Waals surface area contributed by atoms with Crippen molar-refractivity contribution in [2.45, 2.75) is 38.1 Å². The van der Waals surface area contributed by atoms with E-state index in [0.29, 0.717) is 28.8 Å². The maximum Gasteiger partial charge on any atom is 0.256 e. The molecule has 2 N–H and O–H groups in total. The monoisotopic (exact) mass is 397 g/mol. The Balaban J connectivity index is 1.35. The first-order chi connectivity index (χ1) is 13.7. The first-order valence-electron chi connectivity index (χ1n) is 10.2. The van der Waals surface area contributed by atoms with Crippen molar-refractivity contribution in [3.05, 3.63) is 52.2 Å². The minimum atomic E-state index is -0.154. The molecule has 4 rings (SSSR count). The molecule has 1 aromatic heterocycles. The smallest absolute Gasteiger partial charge is 0.256 e. The Kier molecular flexibility index (Phi) is 6.07. The van der Waals surface area contributed by atoms with Crippen LogP contribution < -0.4 is 10.6 Å². The number of hydrogen-bond donors (Lipinski definition) is 2. The number of nitrogens with one attached hydrogen (secondary N) is 2. The normalized spacial score (nSPS) is 22.3. The Bertz CT molecular complexity index is 819. The summed E-state index contributed by atoms with van der Waals surface area (Å²) in [4.78, 5) is 27.5. The number of amides is 2. The first kappa shape index (κ1) is 19.2. The molecule has 2 aliphatic heterocycles. The number of carbonyl (C=O) groups is 2. The van der Waals surface area contributed by atoms with Crippen LogP contribution in [0.1, 0.15) is 52.8 Å². The molecule has 2 aromatic rings. The summed E-state index contributed by atoms with van der Waals surface area (Å²) >= 11 is 1.49. The Labute approximate surface area is 170 Å². The molecular weight excluding hydrogens is 370 g/mol. The third kappa shape index (κ3) is 4.45. The molecule has 3 heterocycles. The van der Waals surface area contributed by atoms with E-state index in [1.807, 2.05) is 22.9 Å². The Morgan fingerprint density at radius 2 is 1.93 bits per heavy atom. The molecule has 6 heteroatoms. The van der Waals surface area contributed by atoms with Gasteiger partial charge < -0.3 is 15.5 Å². The van der Waals surface area contributed by atoms with E-state index in [2.05, 4.69) is 15.5 Å². The van der Waals surface area contributed by atoms with Gasteiger partial charge >= 0.3 is 0 Å². The molecule has 0 radical (unpaired) electrons. The lowest BCUT2D eigenvalue weighted by Crippen LogP contribution is -2.51. The average molecular weight is 398 g/mol. The van der Waals surface area contributed by atoms with Gasteiger partial charge in [-0.15, -0.1) is 0 Å². The van der Waals surface area contributed by atoms with Gasteiger partial charge in [-0.1, -0.05) is 12.5 Å². The molecule has 0 spiro atoms. The van der Waals surface area contributed by atoms with Crippen molar-refractivity contribution < 1.29 is 9.59 Å². The zero-order chi connectivity index (χ0) is 19.3. The molecule has 28 heavy (non-hydrogen) atoms. The van der Waals surface area contributed by atoms with Crippen molar-refractivity contribution in [2.24, 2.45) is 5.92 Å². The molecule has 2 aliphatic rings. The molecule has 2 amide bonds. The van der Waals surface area contributed by atoms with E-state index in [1.165, 1.54) is 56.5 Å². The molecule has 0 aliphatic carbocycles. The quantitative estimate of drug-likeness (QED) is 0.802. The number of benzene rings is 1. The number of carbonyl (C=O) groups excluding carboxylic acids is 2. The summed E-state index contributed by atoms with van der Waals surface area (Å²) in [6.45, 7) is 3.15. The molecule has 2 unspecified atom stereocenters. The highest BCUT2D eigenvalue weighted by molar-refractivity contribution is 7.08. The lowest BCUT2D eigenvalue weighted by molar-refractivity contribution is 0.0575. The van der Waals surface area contributed by atoms with Gasteiger partial charge in [0, 0.05) is 29.2 Å². The van der Waals surface area contributed by atoms with Crippen LogP contribution in [0, 0.1) is 5.92 Å². The second kappa shape index (κ2) is 8.88. The number of fused-ring (bicyclic) bond motifs is 1. The van der Waals surface area contributed by atoms with E-state index in [1.54, 1.807) is 18.2 Å². The van der Waals surface area contributed by atoms with E-state index in [0.717, 1.165) is 6.54 Å². The van der Waals surface area contributed by atoms with Gasteiger partial charge in [-0.25, -0.2) is 0 Å². The van der Waals surface area contributed by atoms with Crippen LogP contribution in [0.25, 0.3) is 0 Å².